The van der Waals surface area contributed by atoms with E-state index >= 15 is 0 Å². The molecule has 0 N–H and O–H groups in total. The van der Waals surface area contributed by atoms with Crippen molar-refractivity contribution in [1.82, 2.24) is 19.3 Å². The van der Waals surface area contributed by atoms with Crippen molar-refractivity contribution in [2.75, 3.05) is 37.0 Å². The fourth-order valence-corrected chi connectivity index (χ4v) is 5.33. The molecule has 0 unspecified atom stereocenters. The lowest BCUT2D eigenvalue weighted by Crippen LogP contribution is -2.38. The second-order valence-electron chi connectivity index (χ2n) is 8.60. The minimum Gasteiger partial charge on any atom is -0.378 e. The Bertz CT molecular complexity index is 1140. The number of nitrogens with zero attached hydrogens (tertiary/aromatic N) is 5. The average Bonchev–Trinajstić information content (AvgIpc) is 3.47. The molecule has 8 heteroatoms. The molecular weight excluding hydrogens is 422 g/mol. The molecule has 1 aliphatic heterocycles. The van der Waals surface area contributed by atoms with Crippen LogP contribution in [0.4, 0.5) is 5.95 Å². The fourth-order valence-electron chi connectivity index (χ4n) is 4.51. The summed E-state index contributed by atoms with van der Waals surface area (Å²) in [4.78, 5) is 15.4. The molecule has 3 heterocycles. The molecule has 0 spiro atoms. The van der Waals surface area contributed by atoms with Gasteiger partial charge in [0.05, 0.1) is 24.7 Å². The number of Topliss-reactive ketones (excluding diaryl/α,β-unsaturated/α-hetero) is 1. The van der Waals surface area contributed by atoms with E-state index in [1.807, 2.05) is 18.2 Å². The summed E-state index contributed by atoms with van der Waals surface area (Å²) in [5.74, 6) is 1.29. The first kappa shape index (κ1) is 21.3. The second-order valence-corrected chi connectivity index (χ2v) is 9.54. The minimum absolute atomic E-state index is 0.141. The molecule has 2 aliphatic rings. The van der Waals surface area contributed by atoms with E-state index in [-0.39, 0.29) is 5.78 Å². The molecule has 1 aromatic carbocycles. The number of rotatable bonds is 7. The van der Waals surface area contributed by atoms with Crippen molar-refractivity contribution in [2.24, 2.45) is 0 Å². The van der Waals surface area contributed by atoms with E-state index in [1.54, 1.807) is 0 Å². The van der Waals surface area contributed by atoms with Crippen molar-refractivity contribution in [3.05, 3.63) is 52.8 Å². The Morgan fingerprint density at radius 2 is 1.88 bits per heavy atom. The lowest BCUT2D eigenvalue weighted by molar-refractivity contribution is 0.102. The summed E-state index contributed by atoms with van der Waals surface area (Å²) in [5, 5.41) is 9.76. The predicted molar refractivity (Wildman–Crippen MR) is 126 cm³/mol. The molecule has 5 rings (SSSR count). The van der Waals surface area contributed by atoms with Crippen LogP contribution >= 0.6 is 11.8 Å². The Hall–Kier alpha value is -2.58. The molecule has 168 valence electrons. The van der Waals surface area contributed by atoms with Crippen LogP contribution in [0.3, 0.4) is 0 Å². The number of carbonyl (C=O) groups excluding carboxylic acids is 1. The van der Waals surface area contributed by atoms with Gasteiger partial charge in [0.2, 0.25) is 5.95 Å². The number of hydrogen-bond donors (Lipinski definition) is 0. The SMILES string of the molecule is Cc1ccccc1-n1c(SCC(=O)c2cc(C)n(C3CC3)c2C)nnc1N1CCOCC1. The molecule has 1 aliphatic carbocycles. The van der Waals surface area contributed by atoms with Crippen molar-refractivity contribution in [3.63, 3.8) is 0 Å². The third kappa shape index (κ3) is 3.97. The molecule has 0 atom stereocenters. The number of ketones is 1. The Kier molecular flexibility index (Phi) is 5.82. The summed E-state index contributed by atoms with van der Waals surface area (Å²) >= 11 is 1.46. The van der Waals surface area contributed by atoms with Crippen LogP contribution in [0.25, 0.3) is 5.69 Å². The monoisotopic (exact) mass is 451 g/mol. The number of ether oxygens (including phenoxy) is 1. The zero-order valence-electron chi connectivity index (χ0n) is 18.9. The highest BCUT2D eigenvalue weighted by Gasteiger charge is 2.29. The van der Waals surface area contributed by atoms with Gasteiger partial charge in [-0.2, -0.15) is 0 Å². The first-order valence-electron chi connectivity index (χ1n) is 11.2. The maximum Gasteiger partial charge on any atom is 0.232 e. The van der Waals surface area contributed by atoms with Crippen LogP contribution in [0.2, 0.25) is 0 Å². The van der Waals surface area contributed by atoms with Crippen LogP contribution in [-0.4, -0.2) is 57.2 Å². The van der Waals surface area contributed by atoms with Gasteiger partial charge < -0.3 is 14.2 Å². The van der Waals surface area contributed by atoms with Gasteiger partial charge in [0.15, 0.2) is 10.9 Å². The van der Waals surface area contributed by atoms with Crippen molar-refractivity contribution in [2.45, 2.75) is 44.8 Å². The Balaban J connectivity index is 1.42. The lowest BCUT2D eigenvalue weighted by Gasteiger charge is -2.28. The van der Waals surface area contributed by atoms with E-state index in [1.165, 1.54) is 30.3 Å². The van der Waals surface area contributed by atoms with Gasteiger partial charge >= 0.3 is 0 Å². The maximum absolute atomic E-state index is 13.2. The summed E-state index contributed by atoms with van der Waals surface area (Å²) in [6.07, 6.45) is 2.42. The van der Waals surface area contributed by atoms with Gasteiger partial charge in [0, 0.05) is 36.1 Å². The highest BCUT2D eigenvalue weighted by Crippen LogP contribution is 2.38. The number of aromatic nitrogens is 4. The molecule has 0 bridgehead atoms. The van der Waals surface area contributed by atoms with E-state index in [2.05, 4.69) is 57.1 Å². The minimum atomic E-state index is 0.141. The third-order valence-electron chi connectivity index (χ3n) is 6.30. The molecule has 1 saturated heterocycles. The molecule has 0 radical (unpaired) electrons. The van der Waals surface area contributed by atoms with Crippen LogP contribution in [0.15, 0.2) is 35.5 Å². The lowest BCUT2D eigenvalue weighted by atomic mass is 10.2. The number of aryl methyl sites for hydroxylation is 2. The number of para-hydroxylation sites is 1. The number of anilines is 1. The van der Waals surface area contributed by atoms with Crippen LogP contribution < -0.4 is 4.90 Å². The zero-order valence-corrected chi connectivity index (χ0v) is 19.7. The van der Waals surface area contributed by atoms with Crippen LogP contribution in [0.1, 0.15) is 46.2 Å². The number of benzene rings is 1. The quantitative estimate of drug-likeness (QED) is 0.397. The van der Waals surface area contributed by atoms with E-state index in [4.69, 9.17) is 4.74 Å². The van der Waals surface area contributed by atoms with Gasteiger partial charge in [0.1, 0.15) is 0 Å². The summed E-state index contributed by atoms with van der Waals surface area (Å²) < 4.78 is 9.93. The second kappa shape index (κ2) is 8.75. The van der Waals surface area contributed by atoms with Crippen LogP contribution in [0, 0.1) is 20.8 Å². The van der Waals surface area contributed by atoms with Crippen molar-refractivity contribution in [3.8, 4) is 5.69 Å². The highest BCUT2D eigenvalue weighted by atomic mass is 32.2. The molecule has 0 amide bonds. The van der Waals surface area contributed by atoms with Crippen molar-refractivity contribution < 1.29 is 9.53 Å². The van der Waals surface area contributed by atoms with Gasteiger partial charge in [-0.15, -0.1) is 10.2 Å². The van der Waals surface area contributed by atoms with Crippen LogP contribution in [0.5, 0.6) is 0 Å². The molecule has 3 aromatic rings. The van der Waals surface area contributed by atoms with Crippen molar-refractivity contribution in [1.29, 1.82) is 0 Å². The van der Waals surface area contributed by atoms with E-state index in [9.17, 15) is 4.79 Å². The number of carbonyl (C=O) groups is 1. The third-order valence-corrected chi connectivity index (χ3v) is 7.22. The maximum atomic E-state index is 13.2. The number of morpholine rings is 1. The van der Waals surface area contributed by atoms with Gasteiger partial charge in [0.25, 0.3) is 0 Å². The van der Waals surface area contributed by atoms with Crippen molar-refractivity contribution >= 4 is 23.5 Å². The Morgan fingerprint density at radius 3 is 2.59 bits per heavy atom. The standard InChI is InChI=1S/C24H29N5O2S/c1-16-6-4-5-7-21(16)29-23(27-10-12-31-13-11-27)25-26-24(29)32-15-22(30)20-14-17(2)28(18(20)3)19-8-9-19/h4-7,14,19H,8-13,15H2,1-3H3. The number of hydrogen-bond acceptors (Lipinski definition) is 6. The first-order chi connectivity index (χ1) is 15.5. The highest BCUT2D eigenvalue weighted by molar-refractivity contribution is 7.99. The topological polar surface area (TPSA) is 65.2 Å². The Morgan fingerprint density at radius 1 is 1.12 bits per heavy atom. The molecule has 32 heavy (non-hydrogen) atoms. The average molecular weight is 452 g/mol. The predicted octanol–water partition coefficient (Wildman–Crippen LogP) is 4.14. The van der Waals surface area contributed by atoms with E-state index in [0.29, 0.717) is 25.0 Å². The zero-order chi connectivity index (χ0) is 22.2. The fraction of sp³-hybridized carbons (Fsp3) is 0.458. The Labute approximate surface area is 192 Å². The summed E-state index contributed by atoms with van der Waals surface area (Å²) in [6, 6.07) is 10.8. The molecule has 2 aromatic heterocycles. The molecule has 7 nitrogen and oxygen atoms in total. The normalized spacial score (nSPS) is 16.5. The van der Waals surface area contributed by atoms with Gasteiger partial charge in [-0.3, -0.25) is 9.36 Å². The van der Waals surface area contributed by atoms with E-state index in [0.717, 1.165) is 46.7 Å². The smallest absolute Gasteiger partial charge is 0.232 e. The van der Waals surface area contributed by atoms with Gasteiger partial charge in [-0.05, 0) is 51.3 Å². The van der Waals surface area contributed by atoms with Crippen LogP contribution in [-0.2, 0) is 4.74 Å². The molecule has 1 saturated carbocycles. The summed E-state index contributed by atoms with van der Waals surface area (Å²) in [5.41, 5.74) is 5.28. The largest absolute Gasteiger partial charge is 0.378 e. The first-order valence-corrected chi connectivity index (χ1v) is 12.2. The van der Waals surface area contributed by atoms with Gasteiger partial charge in [-0.25, -0.2) is 0 Å². The summed E-state index contributed by atoms with van der Waals surface area (Å²) in [6.45, 7) is 9.16. The van der Waals surface area contributed by atoms with E-state index < -0.39 is 0 Å². The number of thioether (sulfide) groups is 1. The summed E-state index contributed by atoms with van der Waals surface area (Å²) in [7, 11) is 0. The molecule has 2 fully saturated rings. The van der Waals surface area contributed by atoms with Gasteiger partial charge in [-0.1, -0.05) is 30.0 Å². The molecular formula is C24H29N5O2S.